The zero-order valence-corrected chi connectivity index (χ0v) is 17.8. The number of piperidine rings is 1. The molecule has 0 saturated carbocycles. The summed E-state index contributed by atoms with van der Waals surface area (Å²) < 4.78 is 5.38. The third kappa shape index (κ3) is 4.98. The highest BCUT2D eigenvalue weighted by Crippen LogP contribution is 2.22. The van der Waals surface area contributed by atoms with Gasteiger partial charge in [-0.15, -0.1) is 0 Å². The Hall–Kier alpha value is -1.93. The topological polar surface area (TPSA) is 65.0 Å². The van der Waals surface area contributed by atoms with Crippen molar-refractivity contribution in [3.05, 3.63) is 17.5 Å². The minimum absolute atomic E-state index is 0.192. The molecule has 3 aliphatic heterocycles. The van der Waals surface area contributed by atoms with E-state index in [1.807, 2.05) is 29.7 Å². The van der Waals surface area contributed by atoms with Crippen molar-refractivity contribution in [3.63, 3.8) is 0 Å². The van der Waals surface area contributed by atoms with Crippen LogP contribution in [-0.2, 0) is 4.74 Å². The molecular weight excluding hydrogens is 368 g/mol. The highest BCUT2D eigenvalue weighted by atomic mass is 16.5. The molecule has 0 spiro atoms. The van der Waals surface area contributed by atoms with E-state index < -0.39 is 0 Å². The van der Waals surface area contributed by atoms with Crippen LogP contribution >= 0.6 is 0 Å². The van der Waals surface area contributed by atoms with Crippen molar-refractivity contribution in [2.45, 2.75) is 39.2 Å². The Morgan fingerprint density at radius 3 is 2.24 bits per heavy atom. The van der Waals surface area contributed by atoms with Gasteiger partial charge in [-0.1, -0.05) is 0 Å². The van der Waals surface area contributed by atoms with Crippen molar-refractivity contribution in [3.8, 4) is 0 Å². The first kappa shape index (κ1) is 20.3. The van der Waals surface area contributed by atoms with Gasteiger partial charge in [0, 0.05) is 69.8 Å². The molecule has 29 heavy (non-hydrogen) atoms. The maximum absolute atomic E-state index is 12.8. The number of nitrogens with zero attached hydrogens (tertiary/aromatic N) is 6. The SMILES string of the molecule is Cc1cc(C)nc(N2CCC(N3CCCN(C(=O)N4CCOCC4)CC3)CC2)n1. The fourth-order valence-electron chi connectivity index (χ4n) is 4.73. The molecule has 2 amide bonds. The lowest BCUT2D eigenvalue weighted by molar-refractivity contribution is 0.0434. The largest absolute Gasteiger partial charge is 0.378 e. The molecule has 3 saturated heterocycles. The molecule has 0 atom stereocenters. The van der Waals surface area contributed by atoms with Crippen LogP contribution < -0.4 is 4.90 Å². The molecule has 160 valence electrons. The molecule has 8 nitrogen and oxygen atoms in total. The van der Waals surface area contributed by atoms with E-state index in [-0.39, 0.29) is 6.03 Å². The van der Waals surface area contributed by atoms with Crippen LogP contribution in [-0.4, -0.2) is 102 Å². The van der Waals surface area contributed by atoms with Gasteiger partial charge in [0.2, 0.25) is 5.95 Å². The summed E-state index contributed by atoms with van der Waals surface area (Å²) >= 11 is 0. The predicted molar refractivity (Wildman–Crippen MR) is 112 cm³/mol. The first-order chi connectivity index (χ1) is 14.1. The van der Waals surface area contributed by atoms with Crippen LogP contribution in [0.15, 0.2) is 6.07 Å². The minimum Gasteiger partial charge on any atom is -0.378 e. The van der Waals surface area contributed by atoms with Gasteiger partial charge in [-0.2, -0.15) is 0 Å². The normalized spacial score (nSPS) is 22.6. The Kier molecular flexibility index (Phi) is 6.50. The Labute approximate surface area is 173 Å². The van der Waals surface area contributed by atoms with Crippen LogP contribution in [0.3, 0.4) is 0 Å². The van der Waals surface area contributed by atoms with E-state index in [0.717, 1.165) is 89.0 Å². The molecule has 0 bridgehead atoms. The molecule has 3 fully saturated rings. The number of carbonyl (C=O) groups is 1. The highest BCUT2D eigenvalue weighted by molar-refractivity contribution is 5.74. The van der Waals surface area contributed by atoms with Gasteiger partial charge >= 0.3 is 6.03 Å². The molecule has 0 N–H and O–H groups in total. The van der Waals surface area contributed by atoms with Gasteiger partial charge < -0.3 is 19.4 Å². The maximum Gasteiger partial charge on any atom is 0.320 e. The number of amides is 2. The number of anilines is 1. The summed E-state index contributed by atoms with van der Waals surface area (Å²) in [5, 5.41) is 0. The van der Waals surface area contributed by atoms with Crippen molar-refractivity contribution < 1.29 is 9.53 Å². The molecule has 0 unspecified atom stereocenters. The summed E-state index contributed by atoms with van der Waals surface area (Å²) in [7, 11) is 0. The number of hydrogen-bond donors (Lipinski definition) is 0. The van der Waals surface area contributed by atoms with E-state index in [0.29, 0.717) is 19.3 Å². The van der Waals surface area contributed by atoms with Crippen LogP contribution in [0.2, 0.25) is 0 Å². The summed E-state index contributed by atoms with van der Waals surface area (Å²) in [6, 6.07) is 2.81. The van der Waals surface area contributed by atoms with E-state index in [9.17, 15) is 4.79 Å². The summed E-state index contributed by atoms with van der Waals surface area (Å²) in [4.78, 5) is 31.0. The Morgan fingerprint density at radius 1 is 0.897 bits per heavy atom. The second kappa shape index (κ2) is 9.26. The Morgan fingerprint density at radius 2 is 1.55 bits per heavy atom. The van der Waals surface area contributed by atoms with Crippen LogP contribution in [0.1, 0.15) is 30.7 Å². The molecule has 1 aromatic heterocycles. The van der Waals surface area contributed by atoms with Gasteiger partial charge in [-0.05, 0) is 39.2 Å². The lowest BCUT2D eigenvalue weighted by Crippen LogP contribution is -2.50. The number of aromatic nitrogens is 2. The second-order valence-electron chi connectivity index (χ2n) is 8.43. The molecule has 3 aliphatic rings. The predicted octanol–water partition coefficient (Wildman–Crippen LogP) is 1.52. The van der Waals surface area contributed by atoms with Gasteiger partial charge in [0.05, 0.1) is 13.2 Å². The third-order valence-electron chi connectivity index (χ3n) is 6.32. The van der Waals surface area contributed by atoms with E-state index in [2.05, 4.69) is 19.8 Å². The first-order valence-electron chi connectivity index (χ1n) is 11.0. The van der Waals surface area contributed by atoms with E-state index in [1.54, 1.807) is 0 Å². The Balaban J connectivity index is 1.28. The number of hydrogen-bond acceptors (Lipinski definition) is 6. The minimum atomic E-state index is 0.192. The molecule has 0 radical (unpaired) electrons. The second-order valence-corrected chi connectivity index (χ2v) is 8.43. The van der Waals surface area contributed by atoms with Crippen LogP contribution in [0.4, 0.5) is 10.7 Å². The van der Waals surface area contributed by atoms with Crippen molar-refractivity contribution in [2.24, 2.45) is 0 Å². The van der Waals surface area contributed by atoms with Crippen LogP contribution in [0.5, 0.6) is 0 Å². The Bertz CT molecular complexity index is 680. The molecule has 0 aliphatic carbocycles. The van der Waals surface area contributed by atoms with Gasteiger partial charge in [-0.3, -0.25) is 4.90 Å². The number of morpholine rings is 1. The van der Waals surface area contributed by atoms with E-state index in [4.69, 9.17) is 4.74 Å². The van der Waals surface area contributed by atoms with E-state index >= 15 is 0 Å². The number of carbonyl (C=O) groups excluding carboxylic acids is 1. The number of urea groups is 1. The van der Waals surface area contributed by atoms with Crippen molar-refractivity contribution in [1.29, 1.82) is 0 Å². The summed E-state index contributed by atoms with van der Waals surface area (Å²) in [5.41, 5.74) is 2.07. The average molecular weight is 403 g/mol. The number of rotatable bonds is 2. The highest BCUT2D eigenvalue weighted by Gasteiger charge is 2.30. The zero-order chi connectivity index (χ0) is 20.2. The summed E-state index contributed by atoms with van der Waals surface area (Å²) in [6.07, 6.45) is 3.32. The molecule has 0 aromatic carbocycles. The fraction of sp³-hybridized carbons (Fsp3) is 0.762. The number of ether oxygens (including phenoxy) is 1. The number of aryl methyl sites for hydroxylation is 2. The van der Waals surface area contributed by atoms with Crippen LogP contribution in [0.25, 0.3) is 0 Å². The van der Waals surface area contributed by atoms with Gasteiger partial charge in [0.25, 0.3) is 0 Å². The van der Waals surface area contributed by atoms with Crippen molar-refractivity contribution in [1.82, 2.24) is 24.7 Å². The lowest BCUT2D eigenvalue weighted by Gasteiger charge is -2.38. The standard InChI is InChI=1S/C21H34N6O2/c1-17-16-18(2)23-20(22-17)25-8-4-19(5-9-25)24-6-3-7-26(11-10-24)21(28)27-12-14-29-15-13-27/h16,19H,3-15H2,1-2H3. The third-order valence-corrected chi connectivity index (χ3v) is 6.32. The van der Waals surface area contributed by atoms with Gasteiger partial charge in [-0.25, -0.2) is 14.8 Å². The first-order valence-corrected chi connectivity index (χ1v) is 11.0. The average Bonchev–Trinajstić information content (AvgIpc) is 3.00. The summed E-state index contributed by atoms with van der Waals surface area (Å²) in [5.74, 6) is 0.874. The molecule has 8 heteroatoms. The smallest absolute Gasteiger partial charge is 0.320 e. The van der Waals surface area contributed by atoms with Gasteiger partial charge in [0.1, 0.15) is 0 Å². The van der Waals surface area contributed by atoms with E-state index in [1.165, 1.54) is 0 Å². The molecular formula is C21H34N6O2. The molecule has 4 rings (SSSR count). The summed E-state index contributed by atoms with van der Waals surface area (Å²) in [6.45, 7) is 12.6. The monoisotopic (exact) mass is 402 g/mol. The maximum atomic E-state index is 12.8. The zero-order valence-electron chi connectivity index (χ0n) is 17.8. The fourth-order valence-corrected chi connectivity index (χ4v) is 4.73. The molecule has 1 aromatic rings. The van der Waals surface area contributed by atoms with Gasteiger partial charge in [0.15, 0.2) is 0 Å². The van der Waals surface area contributed by atoms with Crippen molar-refractivity contribution in [2.75, 3.05) is 70.5 Å². The molecule has 4 heterocycles. The van der Waals surface area contributed by atoms with Crippen molar-refractivity contribution >= 4 is 12.0 Å². The van der Waals surface area contributed by atoms with Crippen LogP contribution in [0, 0.1) is 13.8 Å². The lowest BCUT2D eigenvalue weighted by atomic mass is 10.0. The quantitative estimate of drug-likeness (QED) is 0.747.